The van der Waals surface area contributed by atoms with E-state index in [1.807, 2.05) is 17.5 Å². The molecule has 0 saturated heterocycles. The SMILES string of the molecule is CC(C)(CBr)CNC(=O)Cc1cccs1. The summed E-state index contributed by atoms with van der Waals surface area (Å²) in [5, 5.41) is 5.83. The first kappa shape index (κ1) is 12.7. The summed E-state index contributed by atoms with van der Waals surface area (Å²) in [4.78, 5) is 12.7. The Bertz CT molecular complexity index is 308. The predicted octanol–water partition coefficient (Wildman–Crippen LogP) is 2.83. The van der Waals surface area contributed by atoms with Crippen molar-refractivity contribution in [1.82, 2.24) is 5.32 Å². The van der Waals surface area contributed by atoms with E-state index in [4.69, 9.17) is 0 Å². The number of hydrogen-bond donors (Lipinski definition) is 1. The lowest BCUT2D eigenvalue weighted by molar-refractivity contribution is -0.120. The van der Waals surface area contributed by atoms with Crippen molar-refractivity contribution in [3.05, 3.63) is 22.4 Å². The first-order valence-electron chi connectivity index (χ1n) is 4.88. The van der Waals surface area contributed by atoms with Gasteiger partial charge in [-0.05, 0) is 16.9 Å². The zero-order chi connectivity index (χ0) is 11.3. The van der Waals surface area contributed by atoms with Gasteiger partial charge in [0, 0.05) is 16.8 Å². The topological polar surface area (TPSA) is 29.1 Å². The van der Waals surface area contributed by atoms with Gasteiger partial charge in [0.25, 0.3) is 0 Å². The largest absolute Gasteiger partial charge is 0.355 e. The minimum atomic E-state index is 0.103. The Labute approximate surface area is 103 Å². The van der Waals surface area contributed by atoms with Crippen LogP contribution in [0.4, 0.5) is 0 Å². The summed E-state index contributed by atoms with van der Waals surface area (Å²) < 4.78 is 0. The summed E-state index contributed by atoms with van der Waals surface area (Å²) in [6.45, 7) is 4.95. The smallest absolute Gasteiger partial charge is 0.225 e. The van der Waals surface area contributed by atoms with Crippen molar-refractivity contribution in [1.29, 1.82) is 0 Å². The van der Waals surface area contributed by atoms with Gasteiger partial charge in [-0.15, -0.1) is 11.3 Å². The van der Waals surface area contributed by atoms with E-state index < -0.39 is 0 Å². The Morgan fingerprint density at radius 1 is 1.60 bits per heavy atom. The standard InChI is InChI=1S/C11H16BrNOS/c1-11(2,7-12)8-13-10(14)6-9-4-3-5-15-9/h3-5H,6-8H2,1-2H3,(H,13,14). The molecule has 0 aromatic carbocycles. The molecule has 1 heterocycles. The maximum absolute atomic E-state index is 11.6. The molecule has 2 nitrogen and oxygen atoms in total. The van der Waals surface area contributed by atoms with Crippen LogP contribution in [-0.2, 0) is 11.2 Å². The second kappa shape index (κ2) is 5.66. The molecule has 1 N–H and O–H groups in total. The number of amides is 1. The number of nitrogens with one attached hydrogen (secondary N) is 1. The first-order chi connectivity index (χ1) is 7.03. The van der Waals surface area contributed by atoms with Crippen molar-refractivity contribution in [2.45, 2.75) is 20.3 Å². The number of hydrogen-bond acceptors (Lipinski definition) is 2. The van der Waals surface area contributed by atoms with Crippen molar-refractivity contribution in [3.63, 3.8) is 0 Å². The minimum Gasteiger partial charge on any atom is -0.355 e. The van der Waals surface area contributed by atoms with Gasteiger partial charge in [0.05, 0.1) is 6.42 Å². The van der Waals surface area contributed by atoms with E-state index in [1.54, 1.807) is 11.3 Å². The molecule has 4 heteroatoms. The van der Waals surface area contributed by atoms with Gasteiger partial charge in [-0.2, -0.15) is 0 Å². The molecule has 1 rings (SSSR count). The average Bonchev–Trinajstić information content (AvgIpc) is 2.68. The third kappa shape index (κ3) is 4.80. The number of carbonyl (C=O) groups excluding carboxylic acids is 1. The van der Waals surface area contributed by atoms with Gasteiger partial charge >= 0.3 is 0 Å². The lowest BCUT2D eigenvalue weighted by Crippen LogP contribution is -2.35. The van der Waals surface area contributed by atoms with Crippen LogP contribution < -0.4 is 5.32 Å². The van der Waals surface area contributed by atoms with Crippen LogP contribution in [0.1, 0.15) is 18.7 Å². The van der Waals surface area contributed by atoms with Crippen molar-refractivity contribution >= 4 is 33.2 Å². The van der Waals surface area contributed by atoms with Gasteiger partial charge in [0.15, 0.2) is 0 Å². The maximum Gasteiger partial charge on any atom is 0.225 e. The Morgan fingerprint density at radius 2 is 2.33 bits per heavy atom. The van der Waals surface area contributed by atoms with E-state index in [-0.39, 0.29) is 11.3 Å². The molecule has 15 heavy (non-hydrogen) atoms. The van der Waals surface area contributed by atoms with E-state index in [1.165, 1.54) is 0 Å². The van der Waals surface area contributed by atoms with Gasteiger partial charge in [-0.1, -0.05) is 35.8 Å². The van der Waals surface area contributed by atoms with Crippen LogP contribution in [0, 0.1) is 5.41 Å². The molecule has 0 bridgehead atoms. The molecular weight excluding hydrogens is 274 g/mol. The Kier molecular flexibility index (Phi) is 4.80. The summed E-state index contributed by atoms with van der Waals surface area (Å²) in [6, 6.07) is 3.95. The van der Waals surface area contributed by atoms with Crippen molar-refractivity contribution in [3.8, 4) is 0 Å². The third-order valence-corrected chi connectivity index (χ3v) is 4.44. The molecule has 0 saturated carbocycles. The van der Waals surface area contributed by atoms with E-state index in [0.717, 1.165) is 10.2 Å². The zero-order valence-corrected chi connectivity index (χ0v) is 11.5. The Morgan fingerprint density at radius 3 is 2.87 bits per heavy atom. The molecule has 0 aliphatic rings. The van der Waals surface area contributed by atoms with Crippen LogP contribution in [0.15, 0.2) is 17.5 Å². The quantitative estimate of drug-likeness (QED) is 0.830. The number of halogens is 1. The van der Waals surface area contributed by atoms with Gasteiger partial charge in [-0.3, -0.25) is 4.79 Å². The molecule has 0 aliphatic heterocycles. The molecule has 0 aliphatic carbocycles. The van der Waals surface area contributed by atoms with Crippen molar-refractivity contribution < 1.29 is 4.79 Å². The van der Waals surface area contributed by atoms with Crippen LogP contribution in [0.2, 0.25) is 0 Å². The summed E-state index contributed by atoms with van der Waals surface area (Å²) >= 11 is 5.05. The van der Waals surface area contributed by atoms with Crippen LogP contribution >= 0.6 is 27.3 Å². The molecule has 1 aromatic heterocycles. The summed E-state index contributed by atoms with van der Waals surface area (Å²) in [7, 11) is 0. The van der Waals surface area contributed by atoms with Crippen LogP contribution in [-0.4, -0.2) is 17.8 Å². The molecule has 0 spiro atoms. The molecule has 84 valence electrons. The third-order valence-electron chi connectivity index (χ3n) is 2.04. The molecule has 1 aromatic rings. The summed E-state index contributed by atoms with van der Waals surface area (Å²) in [5.74, 6) is 0.103. The lowest BCUT2D eigenvalue weighted by atomic mass is 9.97. The Hall–Kier alpha value is -0.350. The highest BCUT2D eigenvalue weighted by Crippen LogP contribution is 2.16. The fraction of sp³-hybridized carbons (Fsp3) is 0.545. The molecule has 1 amide bonds. The summed E-state index contributed by atoms with van der Waals surface area (Å²) in [5.41, 5.74) is 0.116. The lowest BCUT2D eigenvalue weighted by Gasteiger charge is -2.21. The number of alkyl halides is 1. The van der Waals surface area contributed by atoms with Gasteiger partial charge < -0.3 is 5.32 Å². The summed E-state index contributed by atoms with van der Waals surface area (Å²) in [6.07, 6.45) is 0.496. The van der Waals surface area contributed by atoms with E-state index in [0.29, 0.717) is 13.0 Å². The monoisotopic (exact) mass is 289 g/mol. The van der Waals surface area contributed by atoms with Crippen LogP contribution in [0.3, 0.4) is 0 Å². The van der Waals surface area contributed by atoms with E-state index in [9.17, 15) is 4.79 Å². The predicted molar refractivity (Wildman–Crippen MR) is 68.6 cm³/mol. The first-order valence-corrected chi connectivity index (χ1v) is 6.89. The molecular formula is C11H16BrNOS. The van der Waals surface area contributed by atoms with Gasteiger partial charge in [0.2, 0.25) is 5.91 Å². The Balaban J connectivity index is 2.31. The maximum atomic E-state index is 11.6. The fourth-order valence-electron chi connectivity index (χ4n) is 1.02. The van der Waals surface area contributed by atoms with E-state index >= 15 is 0 Å². The van der Waals surface area contributed by atoms with Crippen molar-refractivity contribution in [2.24, 2.45) is 5.41 Å². The number of rotatable bonds is 5. The number of carbonyl (C=O) groups is 1. The normalized spacial score (nSPS) is 11.4. The average molecular weight is 290 g/mol. The highest BCUT2D eigenvalue weighted by atomic mass is 79.9. The zero-order valence-electron chi connectivity index (χ0n) is 9.05. The fourth-order valence-corrected chi connectivity index (χ4v) is 1.92. The molecule has 0 fully saturated rings. The molecule has 0 atom stereocenters. The van der Waals surface area contributed by atoms with E-state index in [2.05, 4.69) is 35.1 Å². The highest BCUT2D eigenvalue weighted by molar-refractivity contribution is 9.09. The van der Waals surface area contributed by atoms with Crippen molar-refractivity contribution in [2.75, 3.05) is 11.9 Å². The second-order valence-electron chi connectivity index (χ2n) is 4.33. The van der Waals surface area contributed by atoms with Crippen LogP contribution in [0.25, 0.3) is 0 Å². The molecule has 0 unspecified atom stereocenters. The number of thiophene rings is 1. The van der Waals surface area contributed by atoms with Gasteiger partial charge in [-0.25, -0.2) is 0 Å². The van der Waals surface area contributed by atoms with Crippen LogP contribution in [0.5, 0.6) is 0 Å². The van der Waals surface area contributed by atoms with Gasteiger partial charge in [0.1, 0.15) is 0 Å². The minimum absolute atomic E-state index is 0.103. The highest BCUT2D eigenvalue weighted by Gasteiger charge is 2.17. The molecule has 0 radical (unpaired) electrons. The second-order valence-corrected chi connectivity index (χ2v) is 5.92.